The Morgan fingerprint density at radius 3 is 2.19 bits per heavy atom. The van der Waals surface area contributed by atoms with Crippen molar-refractivity contribution in [2.24, 2.45) is 0 Å². The summed E-state index contributed by atoms with van der Waals surface area (Å²) >= 11 is 3.28. The number of ether oxygens (including phenoxy) is 1. The quantitative estimate of drug-likeness (QED) is 0.672. The number of hydrogen-bond acceptors (Lipinski definition) is 4. The summed E-state index contributed by atoms with van der Waals surface area (Å²) in [5.74, 6) is 0. The zero-order chi connectivity index (χ0) is 16.1. The topological polar surface area (TPSA) is 46.6 Å². The average Bonchev–Trinajstić information content (AvgIpc) is 2.42. The average molecular weight is 390 g/mol. The number of rotatable bonds is 7. The van der Waals surface area contributed by atoms with Crippen LogP contribution in [0.3, 0.4) is 0 Å². The molecule has 1 aromatic carbocycles. The van der Waals surface area contributed by atoms with Crippen LogP contribution in [0, 0.1) is 0 Å². The lowest BCUT2D eigenvalue weighted by atomic mass is 10.3. The van der Waals surface area contributed by atoms with Crippen LogP contribution in [0.4, 0.5) is 18.9 Å². The molecule has 0 amide bonds. The van der Waals surface area contributed by atoms with Crippen molar-refractivity contribution in [1.82, 2.24) is 0 Å². The van der Waals surface area contributed by atoms with E-state index in [-0.39, 0.29) is 0 Å². The maximum atomic E-state index is 12.4. The van der Waals surface area contributed by atoms with Crippen LogP contribution in [0.25, 0.3) is 0 Å². The molecule has 0 saturated carbocycles. The fraction of sp³-hybridized carbons (Fsp3) is 0.500. The highest BCUT2D eigenvalue weighted by Crippen LogP contribution is 2.31. The van der Waals surface area contributed by atoms with Gasteiger partial charge in [0.1, 0.15) is 0 Å². The number of sulfone groups is 1. The van der Waals surface area contributed by atoms with Crippen molar-refractivity contribution in [3.8, 4) is 0 Å². The van der Waals surface area contributed by atoms with E-state index in [2.05, 4.69) is 15.9 Å². The molecule has 0 atom stereocenters. The van der Waals surface area contributed by atoms with Crippen molar-refractivity contribution in [2.75, 3.05) is 37.0 Å². The monoisotopic (exact) mass is 389 g/mol. The standard InChI is InChI=1S/C12H15BrF3NO3S/c1-20-9-8-17(7-6-13)10-2-4-11(5-3-10)21(18,19)12(14,15)16/h2-5H,6-9H2,1H3. The van der Waals surface area contributed by atoms with Gasteiger partial charge < -0.3 is 9.64 Å². The molecule has 21 heavy (non-hydrogen) atoms. The highest BCUT2D eigenvalue weighted by molar-refractivity contribution is 9.09. The predicted octanol–water partition coefficient (Wildman–Crippen LogP) is 2.83. The van der Waals surface area contributed by atoms with Crippen molar-refractivity contribution < 1.29 is 26.3 Å². The van der Waals surface area contributed by atoms with Crippen molar-refractivity contribution in [3.63, 3.8) is 0 Å². The van der Waals surface area contributed by atoms with Crippen molar-refractivity contribution in [1.29, 1.82) is 0 Å². The predicted molar refractivity (Wildman–Crippen MR) is 77.6 cm³/mol. The number of nitrogens with zero attached hydrogens (tertiary/aromatic N) is 1. The smallest absolute Gasteiger partial charge is 0.383 e. The Morgan fingerprint density at radius 1 is 1.19 bits per heavy atom. The summed E-state index contributed by atoms with van der Waals surface area (Å²) < 4.78 is 64.8. The summed E-state index contributed by atoms with van der Waals surface area (Å²) in [6.45, 7) is 1.62. The lowest BCUT2D eigenvalue weighted by Gasteiger charge is -2.23. The lowest BCUT2D eigenvalue weighted by molar-refractivity contribution is -0.0436. The molecule has 9 heteroatoms. The van der Waals surface area contributed by atoms with Crippen molar-refractivity contribution in [2.45, 2.75) is 10.4 Å². The molecule has 0 N–H and O–H groups in total. The molecule has 1 aromatic rings. The highest BCUT2D eigenvalue weighted by Gasteiger charge is 2.46. The third-order valence-corrected chi connectivity index (χ3v) is 4.59. The Bertz CT molecular complexity index is 546. The number of methoxy groups -OCH3 is 1. The van der Waals surface area contributed by atoms with Crippen LogP contribution in [-0.2, 0) is 14.6 Å². The molecule has 0 saturated heterocycles. The van der Waals surface area contributed by atoms with Crippen LogP contribution in [0.5, 0.6) is 0 Å². The molecule has 0 spiro atoms. The molecule has 0 heterocycles. The molecule has 0 aliphatic carbocycles. The molecule has 0 aromatic heterocycles. The largest absolute Gasteiger partial charge is 0.501 e. The van der Waals surface area contributed by atoms with Gasteiger partial charge in [-0.25, -0.2) is 8.42 Å². The molecule has 1 rings (SSSR count). The number of anilines is 1. The summed E-state index contributed by atoms with van der Waals surface area (Å²) in [6.07, 6.45) is 0. The summed E-state index contributed by atoms with van der Waals surface area (Å²) in [7, 11) is -3.75. The first kappa shape index (κ1) is 18.2. The maximum Gasteiger partial charge on any atom is 0.501 e. The second-order valence-electron chi connectivity index (χ2n) is 4.11. The first-order valence-electron chi connectivity index (χ1n) is 5.95. The van der Waals surface area contributed by atoms with Gasteiger partial charge in [0.2, 0.25) is 0 Å². The number of alkyl halides is 4. The SMILES string of the molecule is COCCN(CCBr)c1ccc(S(=O)(=O)C(F)(F)F)cc1. The van der Waals surface area contributed by atoms with Crippen LogP contribution < -0.4 is 4.90 Å². The van der Waals surface area contributed by atoms with Crippen LogP contribution >= 0.6 is 15.9 Å². The Labute approximate surface area is 129 Å². The summed E-state index contributed by atoms with van der Waals surface area (Å²) in [4.78, 5) is 1.12. The van der Waals surface area contributed by atoms with Gasteiger partial charge in [-0.3, -0.25) is 0 Å². The van der Waals surface area contributed by atoms with Crippen LogP contribution in [0.1, 0.15) is 0 Å². The number of benzene rings is 1. The first-order chi connectivity index (χ1) is 9.74. The van der Waals surface area contributed by atoms with E-state index >= 15 is 0 Å². The Balaban J connectivity index is 3.00. The summed E-state index contributed by atoms with van der Waals surface area (Å²) in [6, 6.07) is 4.65. The fourth-order valence-corrected chi connectivity index (χ4v) is 2.83. The van der Waals surface area contributed by atoms with E-state index in [0.717, 1.165) is 12.1 Å². The number of halogens is 4. The second-order valence-corrected chi connectivity index (χ2v) is 6.85. The van der Waals surface area contributed by atoms with Crippen molar-refractivity contribution >= 4 is 31.5 Å². The molecule has 4 nitrogen and oxygen atoms in total. The van der Waals surface area contributed by atoms with Gasteiger partial charge in [-0.15, -0.1) is 0 Å². The molecule has 0 unspecified atom stereocenters. The Hall–Kier alpha value is -0.800. The minimum atomic E-state index is -5.30. The van der Waals surface area contributed by atoms with Gasteiger partial charge >= 0.3 is 5.51 Å². The minimum Gasteiger partial charge on any atom is -0.383 e. The third-order valence-electron chi connectivity index (χ3n) is 2.74. The maximum absolute atomic E-state index is 12.4. The minimum absolute atomic E-state index is 0.454. The van der Waals surface area contributed by atoms with Crippen molar-refractivity contribution in [3.05, 3.63) is 24.3 Å². The molecule has 120 valence electrons. The highest BCUT2D eigenvalue weighted by atomic mass is 79.9. The normalized spacial score (nSPS) is 12.4. The summed E-state index contributed by atoms with van der Waals surface area (Å²) in [5, 5.41) is 0.666. The Kier molecular flexibility index (Phi) is 6.48. The molecule has 0 aliphatic heterocycles. The van der Waals surface area contributed by atoms with E-state index in [1.54, 1.807) is 7.11 Å². The molecular formula is C12H15BrF3NO3S. The van der Waals surface area contributed by atoms with E-state index < -0.39 is 20.2 Å². The first-order valence-corrected chi connectivity index (χ1v) is 8.55. The van der Waals surface area contributed by atoms with Gasteiger partial charge in [-0.2, -0.15) is 13.2 Å². The van der Waals surface area contributed by atoms with E-state index in [9.17, 15) is 21.6 Å². The zero-order valence-corrected chi connectivity index (χ0v) is 13.6. The van der Waals surface area contributed by atoms with Crippen LogP contribution in [-0.4, -0.2) is 46.1 Å². The van der Waals surface area contributed by atoms with Gasteiger partial charge in [0.05, 0.1) is 11.5 Å². The molecule has 0 bridgehead atoms. The third kappa shape index (κ3) is 4.58. The molecule has 0 radical (unpaired) electrons. The number of hydrogen-bond donors (Lipinski definition) is 0. The fourth-order valence-electron chi connectivity index (χ4n) is 1.64. The lowest BCUT2D eigenvalue weighted by Crippen LogP contribution is -2.29. The molecule has 0 fully saturated rings. The van der Waals surface area contributed by atoms with Gasteiger partial charge in [-0.1, -0.05) is 15.9 Å². The van der Waals surface area contributed by atoms with Crippen LogP contribution in [0.15, 0.2) is 29.2 Å². The van der Waals surface area contributed by atoms with E-state index in [1.807, 2.05) is 4.90 Å². The Morgan fingerprint density at radius 2 is 1.76 bits per heavy atom. The van der Waals surface area contributed by atoms with E-state index in [0.29, 0.717) is 30.7 Å². The molecular weight excluding hydrogens is 375 g/mol. The van der Waals surface area contributed by atoms with Gasteiger partial charge in [0, 0.05) is 31.2 Å². The second kappa shape index (κ2) is 7.46. The van der Waals surface area contributed by atoms with E-state index in [1.165, 1.54) is 12.1 Å². The van der Waals surface area contributed by atoms with Gasteiger partial charge in [0.25, 0.3) is 9.84 Å². The van der Waals surface area contributed by atoms with Gasteiger partial charge in [0.15, 0.2) is 0 Å². The van der Waals surface area contributed by atoms with E-state index in [4.69, 9.17) is 4.74 Å². The zero-order valence-electron chi connectivity index (χ0n) is 11.2. The molecule has 0 aliphatic rings. The summed E-state index contributed by atoms with van der Waals surface area (Å²) in [5.41, 5.74) is -4.66. The van der Waals surface area contributed by atoms with Gasteiger partial charge in [-0.05, 0) is 24.3 Å². The van der Waals surface area contributed by atoms with Crippen LogP contribution in [0.2, 0.25) is 0 Å².